The monoisotopic (exact) mass is 433 g/mol. The van der Waals surface area contributed by atoms with Crippen LogP contribution < -0.4 is 15.5 Å². The topological polar surface area (TPSA) is 106 Å². The van der Waals surface area contributed by atoms with Crippen molar-refractivity contribution < 1.29 is 23.9 Å². The Morgan fingerprint density at radius 1 is 1.04 bits per heavy atom. The number of methoxy groups -OCH3 is 2. The van der Waals surface area contributed by atoms with Gasteiger partial charge in [0.2, 0.25) is 0 Å². The number of ether oxygens (including phenoxy) is 2. The molecule has 9 heteroatoms. The first-order chi connectivity index (χ1) is 12.9. The SMILES string of the molecule is COC(=O)c1ccc(NC(=O)C(=O)N/N=C\c2cc(Br)ccc2OC)cc1. The molecule has 0 fully saturated rings. The average molecular weight is 434 g/mol. The highest BCUT2D eigenvalue weighted by molar-refractivity contribution is 9.10. The quantitative estimate of drug-likeness (QED) is 0.325. The minimum atomic E-state index is -0.947. The first-order valence-corrected chi connectivity index (χ1v) is 8.40. The number of carbonyl (C=O) groups is 3. The van der Waals surface area contributed by atoms with Gasteiger partial charge in [0.15, 0.2) is 0 Å². The fourth-order valence-electron chi connectivity index (χ4n) is 2.01. The standard InChI is InChI=1S/C18H16BrN3O5/c1-26-15-8-5-13(19)9-12(15)10-20-22-17(24)16(23)21-14-6-3-11(4-7-14)18(25)27-2/h3-10H,1-2H3,(H,21,23)(H,22,24)/b20-10-. The van der Waals surface area contributed by atoms with Crippen molar-refractivity contribution in [1.29, 1.82) is 0 Å². The van der Waals surface area contributed by atoms with E-state index in [2.05, 4.69) is 36.5 Å². The summed E-state index contributed by atoms with van der Waals surface area (Å²) in [7, 11) is 2.78. The van der Waals surface area contributed by atoms with E-state index in [1.54, 1.807) is 18.2 Å². The van der Waals surface area contributed by atoms with Gasteiger partial charge in [-0.15, -0.1) is 0 Å². The largest absolute Gasteiger partial charge is 0.496 e. The first-order valence-electron chi connectivity index (χ1n) is 7.61. The molecule has 0 aliphatic rings. The van der Waals surface area contributed by atoms with E-state index in [4.69, 9.17) is 4.74 Å². The molecule has 0 saturated heterocycles. The predicted octanol–water partition coefficient (Wildman–Crippen LogP) is 2.33. The number of amides is 2. The number of carbonyl (C=O) groups excluding carboxylic acids is 3. The number of hydrogen-bond acceptors (Lipinski definition) is 6. The van der Waals surface area contributed by atoms with Crippen molar-refractivity contribution in [3.63, 3.8) is 0 Å². The Hall–Kier alpha value is -3.20. The molecule has 0 unspecified atom stereocenters. The van der Waals surface area contributed by atoms with Gasteiger partial charge in [0.25, 0.3) is 0 Å². The molecule has 0 heterocycles. The zero-order valence-corrected chi connectivity index (χ0v) is 16.1. The van der Waals surface area contributed by atoms with Gasteiger partial charge in [-0.05, 0) is 42.5 Å². The molecule has 2 amide bonds. The van der Waals surface area contributed by atoms with Crippen LogP contribution in [0.2, 0.25) is 0 Å². The van der Waals surface area contributed by atoms with Crippen LogP contribution in [-0.2, 0) is 14.3 Å². The van der Waals surface area contributed by atoms with Gasteiger partial charge < -0.3 is 14.8 Å². The molecular formula is C18H16BrN3O5. The molecule has 8 nitrogen and oxygen atoms in total. The second kappa shape index (κ2) is 9.48. The zero-order valence-electron chi connectivity index (χ0n) is 14.5. The first kappa shape index (κ1) is 20.1. The summed E-state index contributed by atoms with van der Waals surface area (Å²) < 4.78 is 10.6. The summed E-state index contributed by atoms with van der Waals surface area (Å²) in [5.41, 5.74) is 3.42. The van der Waals surface area contributed by atoms with Crippen molar-refractivity contribution in [2.45, 2.75) is 0 Å². The molecule has 0 aliphatic heterocycles. The summed E-state index contributed by atoms with van der Waals surface area (Å²) in [6.07, 6.45) is 1.36. The lowest BCUT2D eigenvalue weighted by Gasteiger charge is -2.06. The second-order valence-corrected chi connectivity index (χ2v) is 6.02. The minimum Gasteiger partial charge on any atom is -0.496 e. The third-order valence-corrected chi connectivity index (χ3v) is 3.82. The van der Waals surface area contributed by atoms with Crippen molar-refractivity contribution in [2.75, 3.05) is 19.5 Å². The normalized spacial score (nSPS) is 10.3. The van der Waals surface area contributed by atoms with E-state index >= 15 is 0 Å². The maximum Gasteiger partial charge on any atom is 0.337 e. The molecule has 2 N–H and O–H groups in total. The highest BCUT2D eigenvalue weighted by atomic mass is 79.9. The number of benzene rings is 2. The smallest absolute Gasteiger partial charge is 0.337 e. The van der Waals surface area contributed by atoms with Crippen LogP contribution in [0.1, 0.15) is 15.9 Å². The third-order valence-electron chi connectivity index (χ3n) is 3.33. The molecule has 0 bridgehead atoms. The van der Waals surface area contributed by atoms with E-state index in [1.807, 2.05) is 0 Å². The molecule has 0 spiro atoms. The van der Waals surface area contributed by atoms with Gasteiger partial charge in [0, 0.05) is 15.7 Å². The number of hydrazone groups is 1. The Balaban J connectivity index is 1.95. The van der Waals surface area contributed by atoms with Crippen molar-refractivity contribution in [3.05, 3.63) is 58.1 Å². The Morgan fingerprint density at radius 2 is 1.74 bits per heavy atom. The summed E-state index contributed by atoms with van der Waals surface area (Å²) in [6.45, 7) is 0. The fourth-order valence-corrected chi connectivity index (χ4v) is 2.39. The maximum absolute atomic E-state index is 11.9. The number of hydrogen-bond donors (Lipinski definition) is 2. The number of halogens is 1. The molecule has 0 radical (unpaired) electrons. The van der Waals surface area contributed by atoms with Gasteiger partial charge in [0.05, 0.1) is 26.0 Å². The van der Waals surface area contributed by atoms with Crippen LogP contribution in [0.5, 0.6) is 5.75 Å². The van der Waals surface area contributed by atoms with Crippen LogP contribution in [0.25, 0.3) is 0 Å². The average Bonchev–Trinajstić information content (AvgIpc) is 2.68. The highest BCUT2D eigenvalue weighted by Crippen LogP contribution is 2.21. The van der Waals surface area contributed by atoms with Gasteiger partial charge in [-0.25, -0.2) is 10.2 Å². The van der Waals surface area contributed by atoms with Crippen LogP contribution in [0.15, 0.2) is 52.0 Å². The van der Waals surface area contributed by atoms with Crippen LogP contribution >= 0.6 is 15.9 Å². The molecule has 2 rings (SSSR count). The minimum absolute atomic E-state index is 0.326. The number of nitrogens with one attached hydrogen (secondary N) is 2. The molecule has 0 atom stereocenters. The highest BCUT2D eigenvalue weighted by Gasteiger charge is 2.13. The Labute approximate surface area is 163 Å². The molecule has 2 aromatic rings. The van der Waals surface area contributed by atoms with Gasteiger partial charge in [0.1, 0.15) is 5.75 Å². The maximum atomic E-state index is 11.9. The Kier molecular flexibility index (Phi) is 7.07. The third kappa shape index (κ3) is 5.65. The van der Waals surface area contributed by atoms with Gasteiger partial charge in [-0.1, -0.05) is 15.9 Å². The van der Waals surface area contributed by atoms with Crippen molar-refractivity contribution in [1.82, 2.24) is 5.43 Å². The molecule has 140 valence electrons. The van der Waals surface area contributed by atoms with Crippen molar-refractivity contribution in [3.8, 4) is 5.75 Å². The lowest BCUT2D eigenvalue weighted by Crippen LogP contribution is -2.32. The zero-order chi connectivity index (χ0) is 19.8. The molecule has 0 aliphatic carbocycles. The van der Waals surface area contributed by atoms with Crippen LogP contribution in [-0.4, -0.2) is 38.2 Å². The van der Waals surface area contributed by atoms with Crippen molar-refractivity contribution >= 4 is 45.6 Å². The number of anilines is 1. The molecule has 0 aromatic heterocycles. The van der Waals surface area contributed by atoms with E-state index in [0.717, 1.165) is 4.47 Å². The van der Waals surface area contributed by atoms with E-state index < -0.39 is 17.8 Å². The van der Waals surface area contributed by atoms with Gasteiger partial charge in [-0.2, -0.15) is 5.10 Å². The number of esters is 1. The Morgan fingerprint density at radius 3 is 2.37 bits per heavy atom. The van der Waals surface area contributed by atoms with Crippen molar-refractivity contribution in [2.24, 2.45) is 5.10 Å². The summed E-state index contributed by atoms with van der Waals surface area (Å²) >= 11 is 3.33. The summed E-state index contributed by atoms with van der Waals surface area (Å²) in [6, 6.07) is 11.2. The fraction of sp³-hybridized carbons (Fsp3) is 0.111. The molecule has 27 heavy (non-hydrogen) atoms. The number of rotatable bonds is 5. The lowest BCUT2D eigenvalue weighted by molar-refractivity contribution is -0.136. The summed E-state index contributed by atoms with van der Waals surface area (Å²) in [5, 5.41) is 6.15. The van der Waals surface area contributed by atoms with E-state index in [9.17, 15) is 14.4 Å². The number of nitrogens with zero attached hydrogens (tertiary/aromatic N) is 1. The Bertz CT molecular complexity index is 881. The summed E-state index contributed by atoms with van der Waals surface area (Å²) in [4.78, 5) is 35.1. The molecule has 0 saturated carbocycles. The van der Waals surface area contributed by atoms with Gasteiger partial charge in [-0.3, -0.25) is 9.59 Å². The van der Waals surface area contributed by atoms with Crippen LogP contribution in [0.3, 0.4) is 0 Å². The molecular weight excluding hydrogens is 418 g/mol. The van der Waals surface area contributed by atoms with E-state index in [-0.39, 0.29) is 0 Å². The second-order valence-electron chi connectivity index (χ2n) is 5.11. The van der Waals surface area contributed by atoms with Crippen LogP contribution in [0, 0.1) is 0 Å². The molecule has 2 aromatic carbocycles. The summed E-state index contributed by atoms with van der Waals surface area (Å²) in [5.74, 6) is -1.79. The van der Waals surface area contributed by atoms with E-state index in [0.29, 0.717) is 22.6 Å². The predicted molar refractivity (Wildman–Crippen MR) is 103 cm³/mol. The van der Waals surface area contributed by atoms with Gasteiger partial charge >= 0.3 is 17.8 Å². The van der Waals surface area contributed by atoms with E-state index in [1.165, 1.54) is 44.7 Å². The lowest BCUT2D eigenvalue weighted by atomic mass is 10.2. The van der Waals surface area contributed by atoms with Crippen LogP contribution in [0.4, 0.5) is 5.69 Å².